The van der Waals surface area contributed by atoms with E-state index in [1.165, 1.54) is 0 Å². The second kappa shape index (κ2) is 6.35. The number of rotatable bonds is 6. The Morgan fingerprint density at radius 3 is 2.62 bits per heavy atom. The molecule has 0 amide bonds. The van der Waals surface area contributed by atoms with Gasteiger partial charge in [0.05, 0.1) is 13.2 Å². The van der Waals surface area contributed by atoms with Gasteiger partial charge in [-0.1, -0.05) is 31.8 Å². The summed E-state index contributed by atoms with van der Waals surface area (Å²) in [5.41, 5.74) is 1.30. The number of fused-ring (bicyclic) bond motifs is 1. The van der Waals surface area contributed by atoms with E-state index in [2.05, 4.69) is 24.6 Å². The molecule has 2 rings (SSSR count). The lowest BCUT2D eigenvalue weighted by molar-refractivity contribution is 0.0516. The average Bonchev–Trinajstić information content (AvgIpc) is 2.77. The molecule has 2 aromatic rings. The van der Waals surface area contributed by atoms with E-state index in [9.17, 15) is 4.79 Å². The fourth-order valence-corrected chi connectivity index (χ4v) is 2.79. The van der Waals surface area contributed by atoms with Crippen molar-refractivity contribution < 1.29 is 14.3 Å². The SMILES string of the molecule is CCOC(=O)c1[nH]c2ccccc2c1OCC[Si](C)(C)C. The molecule has 1 aromatic carbocycles. The van der Waals surface area contributed by atoms with Gasteiger partial charge >= 0.3 is 5.97 Å². The third-order valence-corrected chi connectivity index (χ3v) is 4.94. The van der Waals surface area contributed by atoms with Gasteiger partial charge in [0.1, 0.15) is 0 Å². The molecule has 0 aliphatic carbocycles. The number of H-pyrrole nitrogens is 1. The van der Waals surface area contributed by atoms with Crippen LogP contribution in [0, 0.1) is 0 Å². The second-order valence-electron chi connectivity index (χ2n) is 6.25. The Hall–Kier alpha value is -1.75. The molecule has 21 heavy (non-hydrogen) atoms. The van der Waals surface area contributed by atoms with E-state index in [0.717, 1.165) is 16.9 Å². The molecule has 0 aliphatic rings. The number of ether oxygens (including phenoxy) is 2. The van der Waals surface area contributed by atoms with Crippen LogP contribution in [0.1, 0.15) is 17.4 Å². The van der Waals surface area contributed by atoms with E-state index in [-0.39, 0.29) is 5.97 Å². The first-order valence-electron chi connectivity index (χ1n) is 7.33. The molecule has 0 unspecified atom stereocenters. The van der Waals surface area contributed by atoms with Crippen LogP contribution in [0.2, 0.25) is 25.7 Å². The smallest absolute Gasteiger partial charge is 0.358 e. The van der Waals surface area contributed by atoms with E-state index in [0.29, 0.717) is 24.7 Å². The molecular weight excluding hydrogens is 282 g/mol. The summed E-state index contributed by atoms with van der Waals surface area (Å²) in [6.07, 6.45) is 0. The Labute approximate surface area is 126 Å². The van der Waals surface area contributed by atoms with E-state index in [1.54, 1.807) is 6.92 Å². The third-order valence-electron chi connectivity index (χ3n) is 3.24. The second-order valence-corrected chi connectivity index (χ2v) is 11.9. The van der Waals surface area contributed by atoms with Crippen LogP contribution in [-0.2, 0) is 4.74 Å². The Balaban J connectivity index is 2.29. The van der Waals surface area contributed by atoms with Crippen molar-refractivity contribution in [2.75, 3.05) is 13.2 Å². The number of para-hydroxylation sites is 1. The van der Waals surface area contributed by atoms with Gasteiger partial charge in [0.25, 0.3) is 0 Å². The van der Waals surface area contributed by atoms with Crippen molar-refractivity contribution in [1.82, 2.24) is 4.98 Å². The number of hydrogen-bond acceptors (Lipinski definition) is 3. The molecule has 0 radical (unpaired) electrons. The molecule has 114 valence electrons. The van der Waals surface area contributed by atoms with E-state index >= 15 is 0 Å². The first kappa shape index (κ1) is 15.6. The summed E-state index contributed by atoms with van der Waals surface area (Å²) < 4.78 is 11.0. The number of aromatic nitrogens is 1. The molecule has 1 N–H and O–H groups in total. The Morgan fingerprint density at radius 2 is 1.95 bits per heavy atom. The van der Waals surface area contributed by atoms with Gasteiger partial charge in [-0.25, -0.2) is 4.79 Å². The molecule has 0 aliphatic heterocycles. The molecule has 1 aromatic heterocycles. The van der Waals surface area contributed by atoms with Gasteiger partial charge in [0.15, 0.2) is 11.4 Å². The largest absolute Gasteiger partial charge is 0.491 e. The van der Waals surface area contributed by atoms with Gasteiger partial charge < -0.3 is 14.5 Å². The van der Waals surface area contributed by atoms with Crippen molar-refractivity contribution in [3.63, 3.8) is 0 Å². The molecule has 1 heterocycles. The standard InChI is InChI=1S/C16H23NO3Si/c1-5-19-16(18)14-15(20-10-11-21(2,3)4)12-8-6-7-9-13(12)17-14/h6-9,17H,5,10-11H2,1-4H3. The Bertz CT molecular complexity index is 628. The Morgan fingerprint density at radius 1 is 1.24 bits per heavy atom. The minimum Gasteiger partial charge on any atom is -0.491 e. The van der Waals surface area contributed by atoms with Crippen molar-refractivity contribution >= 4 is 24.9 Å². The minimum absolute atomic E-state index is 0.350. The van der Waals surface area contributed by atoms with Crippen LogP contribution in [0.25, 0.3) is 10.9 Å². The van der Waals surface area contributed by atoms with Crippen LogP contribution in [0.5, 0.6) is 5.75 Å². The zero-order chi connectivity index (χ0) is 15.5. The summed E-state index contributed by atoms with van der Waals surface area (Å²) in [5.74, 6) is 0.249. The summed E-state index contributed by atoms with van der Waals surface area (Å²) in [7, 11) is -1.17. The fourth-order valence-electron chi connectivity index (χ4n) is 2.07. The Kier molecular flexibility index (Phi) is 4.72. The molecule has 0 bridgehead atoms. The highest BCUT2D eigenvalue weighted by molar-refractivity contribution is 6.76. The number of carbonyl (C=O) groups is 1. The van der Waals surface area contributed by atoms with Crippen LogP contribution >= 0.6 is 0 Å². The summed E-state index contributed by atoms with van der Waals surface area (Å²) in [5, 5.41) is 0.927. The molecule has 0 spiro atoms. The number of carbonyl (C=O) groups excluding carboxylic acids is 1. The van der Waals surface area contributed by atoms with E-state index < -0.39 is 8.07 Å². The van der Waals surface area contributed by atoms with Crippen LogP contribution in [-0.4, -0.2) is 32.2 Å². The monoisotopic (exact) mass is 305 g/mol. The van der Waals surface area contributed by atoms with Crippen molar-refractivity contribution in [3.05, 3.63) is 30.0 Å². The number of benzene rings is 1. The zero-order valence-corrected chi connectivity index (χ0v) is 14.2. The number of hydrogen-bond donors (Lipinski definition) is 1. The molecule has 0 saturated heterocycles. The zero-order valence-electron chi connectivity index (χ0n) is 13.2. The first-order valence-corrected chi connectivity index (χ1v) is 11.0. The lowest BCUT2D eigenvalue weighted by atomic mass is 10.2. The van der Waals surface area contributed by atoms with Crippen molar-refractivity contribution in [2.24, 2.45) is 0 Å². The van der Waals surface area contributed by atoms with Gasteiger partial charge in [-0.05, 0) is 25.1 Å². The average molecular weight is 305 g/mol. The van der Waals surface area contributed by atoms with Crippen LogP contribution in [0.4, 0.5) is 0 Å². The van der Waals surface area contributed by atoms with Gasteiger partial charge in [0, 0.05) is 19.0 Å². The quantitative estimate of drug-likeness (QED) is 0.646. The van der Waals surface area contributed by atoms with E-state index in [4.69, 9.17) is 9.47 Å². The minimum atomic E-state index is -1.17. The lowest BCUT2D eigenvalue weighted by Gasteiger charge is -2.16. The van der Waals surface area contributed by atoms with Gasteiger partial charge in [-0.15, -0.1) is 0 Å². The molecule has 0 saturated carbocycles. The van der Waals surface area contributed by atoms with Crippen molar-refractivity contribution in [3.8, 4) is 5.75 Å². The normalized spacial score (nSPS) is 11.6. The van der Waals surface area contributed by atoms with Crippen LogP contribution in [0.15, 0.2) is 24.3 Å². The highest BCUT2D eigenvalue weighted by atomic mass is 28.3. The molecule has 4 nitrogen and oxygen atoms in total. The molecular formula is C16H23NO3Si. The summed E-state index contributed by atoms with van der Waals surface area (Å²) in [4.78, 5) is 15.2. The van der Waals surface area contributed by atoms with Crippen LogP contribution in [0.3, 0.4) is 0 Å². The van der Waals surface area contributed by atoms with Gasteiger partial charge in [0.2, 0.25) is 0 Å². The highest BCUT2D eigenvalue weighted by Crippen LogP contribution is 2.31. The first-order chi connectivity index (χ1) is 9.92. The van der Waals surface area contributed by atoms with Crippen molar-refractivity contribution in [2.45, 2.75) is 32.6 Å². The summed E-state index contributed by atoms with van der Waals surface area (Å²) in [6.45, 7) is 9.69. The predicted octanol–water partition coefficient (Wildman–Crippen LogP) is 4.06. The predicted molar refractivity (Wildman–Crippen MR) is 87.9 cm³/mol. The maximum absolute atomic E-state index is 12.1. The summed E-state index contributed by atoms with van der Waals surface area (Å²) in [6, 6.07) is 8.81. The van der Waals surface area contributed by atoms with Crippen molar-refractivity contribution in [1.29, 1.82) is 0 Å². The summed E-state index contributed by atoms with van der Waals surface area (Å²) >= 11 is 0. The van der Waals surface area contributed by atoms with Gasteiger partial charge in [-0.2, -0.15) is 0 Å². The topological polar surface area (TPSA) is 51.3 Å². The molecule has 5 heteroatoms. The lowest BCUT2D eigenvalue weighted by Crippen LogP contribution is -2.22. The third kappa shape index (κ3) is 3.88. The highest BCUT2D eigenvalue weighted by Gasteiger charge is 2.21. The maximum Gasteiger partial charge on any atom is 0.358 e. The molecule has 0 atom stereocenters. The number of esters is 1. The van der Waals surface area contributed by atoms with E-state index in [1.807, 2.05) is 24.3 Å². The molecule has 0 fully saturated rings. The van der Waals surface area contributed by atoms with Gasteiger partial charge in [-0.3, -0.25) is 0 Å². The number of nitrogens with one attached hydrogen (secondary N) is 1. The maximum atomic E-state index is 12.1. The van der Waals surface area contributed by atoms with Crippen LogP contribution < -0.4 is 4.74 Å². The number of aromatic amines is 1. The fraction of sp³-hybridized carbons (Fsp3) is 0.438.